The number of anilines is 2. The molecule has 0 radical (unpaired) electrons. The SMILES string of the molecule is CCOC(=O)c1cnc(NC2CC([C@@H](C(C)C)N3CC4(CCN(c5ncnnc5Oc5ccc(F)cc5-c5cncnc5C5CC5)C4)C3)C2)o1. The van der Waals surface area contributed by atoms with Crippen molar-refractivity contribution in [3.8, 4) is 22.8 Å². The van der Waals surface area contributed by atoms with Crippen LogP contribution in [0.4, 0.5) is 16.2 Å². The molecule has 2 saturated heterocycles. The van der Waals surface area contributed by atoms with E-state index in [1.165, 1.54) is 24.7 Å². The number of hydrogen-bond donors (Lipinski definition) is 1. The van der Waals surface area contributed by atoms with Crippen molar-refractivity contribution >= 4 is 17.8 Å². The van der Waals surface area contributed by atoms with Crippen LogP contribution in [0.1, 0.15) is 75.0 Å². The Morgan fingerprint density at radius 1 is 1.10 bits per heavy atom. The summed E-state index contributed by atoms with van der Waals surface area (Å²) in [5, 5.41) is 11.7. The van der Waals surface area contributed by atoms with Gasteiger partial charge in [-0.1, -0.05) is 13.8 Å². The summed E-state index contributed by atoms with van der Waals surface area (Å²) in [6, 6.07) is 5.58. The second kappa shape index (κ2) is 13.2. The van der Waals surface area contributed by atoms with E-state index in [9.17, 15) is 9.18 Å². The van der Waals surface area contributed by atoms with E-state index in [4.69, 9.17) is 13.9 Å². The van der Waals surface area contributed by atoms with Crippen LogP contribution in [0.2, 0.25) is 0 Å². The number of nitrogens with one attached hydrogen (secondary N) is 1. The van der Waals surface area contributed by atoms with Crippen LogP contribution in [0.5, 0.6) is 11.6 Å². The molecule has 262 valence electrons. The molecule has 4 aromatic rings. The van der Waals surface area contributed by atoms with Gasteiger partial charge in [-0.3, -0.25) is 4.90 Å². The number of esters is 1. The second-order valence-electron chi connectivity index (χ2n) is 14.6. The third kappa shape index (κ3) is 6.36. The standard InChI is InChI=1S/C36H42FN9O4/c1-4-48-34(47)29-15-39-35(50-29)43-25-11-23(12-25)31(21(2)3)46-17-36(18-46)9-10-45(16-36)32-33(44-42-20-41-32)49-28-8-7-24(37)13-26(28)27-14-38-19-40-30(27)22-5-6-22/h7-8,13-15,19-23,25,31H,4-6,9-12,16-18H2,1-3H3,(H,39,43)/t23?,25?,31-/m1/s1. The van der Waals surface area contributed by atoms with E-state index >= 15 is 0 Å². The van der Waals surface area contributed by atoms with E-state index in [2.05, 4.69) is 59.1 Å². The molecule has 13 nitrogen and oxygen atoms in total. The molecule has 4 fully saturated rings. The summed E-state index contributed by atoms with van der Waals surface area (Å²) in [6.45, 7) is 10.4. The lowest BCUT2D eigenvalue weighted by molar-refractivity contribution is -0.0657. The fourth-order valence-electron chi connectivity index (χ4n) is 8.21. The van der Waals surface area contributed by atoms with E-state index in [0.29, 0.717) is 52.8 Å². The molecule has 2 saturated carbocycles. The number of oxazole rings is 1. The Kier molecular flexibility index (Phi) is 8.57. The monoisotopic (exact) mass is 683 g/mol. The lowest BCUT2D eigenvalue weighted by Crippen LogP contribution is -2.65. The van der Waals surface area contributed by atoms with Crippen LogP contribution in [0.15, 0.2) is 47.7 Å². The van der Waals surface area contributed by atoms with E-state index < -0.39 is 5.97 Å². The van der Waals surface area contributed by atoms with Crippen molar-refractivity contribution in [2.75, 3.05) is 43.0 Å². The van der Waals surface area contributed by atoms with Crippen molar-refractivity contribution in [3.63, 3.8) is 0 Å². The Bertz CT molecular complexity index is 1850. The van der Waals surface area contributed by atoms with Gasteiger partial charge >= 0.3 is 5.97 Å². The van der Waals surface area contributed by atoms with Crippen LogP contribution in [0.25, 0.3) is 11.1 Å². The van der Waals surface area contributed by atoms with Gasteiger partial charge in [0.1, 0.15) is 24.2 Å². The Morgan fingerprint density at radius 3 is 2.72 bits per heavy atom. The first-order valence-corrected chi connectivity index (χ1v) is 17.6. The summed E-state index contributed by atoms with van der Waals surface area (Å²) >= 11 is 0. The smallest absolute Gasteiger partial charge is 0.376 e. The molecule has 4 aliphatic rings. The molecule has 1 spiro atoms. The van der Waals surface area contributed by atoms with Gasteiger partial charge in [-0.2, -0.15) is 0 Å². The van der Waals surface area contributed by atoms with Gasteiger partial charge in [0.25, 0.3) is 11.9 Å². The van der Waals surface area contributed by atoms with E-state index in [0.717, 1.165) is 69.5 Å². The van der Waals surface area contributed by atoms with Gasteiger partial charge < -0.3 is 24.1 Å². The third-order valence-corrected chi connectivity index (χ3v) is 10.6. The Labute approximate surface area is 290 Å². The number of carbonyl (C=O) groups excluding carboxylic acids is 1. The molecule has 50 heavy (non-hydrogen) atoms. The molecular formula is C36H42FN9O4. The number of likely N-dealkylation sites (tertiary alicyclic amines) is 1. The van der Waals surface area contributed by atoms with E-state index in [-0.39, 0.29) is 29.6 Å². The molecule has 1 aromatic carbocycles. The van der Waals surface area contributed by atoms with Crippen LogP contribution in [0.3, 0.4) is 0 Å². The minimum absolute atomic E-state index is 0.114. The van der Waals surface area contributed by atoms with Crippen LogP contribution in [0, 0.1) is 23.1 Å². The Balaban J connectivity index is 0.909. The van der Waals surface area contributed by atoms with Crippen molar-refractivity contribution in [2.24, 2.45) is 17.3 Å². The summed E-state index contributed by atoms with van der Waals surface area (Å²) in [5.41, 5.74) is 2.44. The number of carbonyl (C=O) groups is 1. The number of nitrogens with zero attached hydrogens (tertiary/aromatic N) is 8. The predicted molar refractivity (Wildman–Crippen MR) is 181 cm³/mol. The van der Waals surface area contributed by atoms with Gasteiger partial charge in [0.15, 0.2) is 5.82 Å². The van der Waals surface area contributed by atoms with Crippen LogP contribution < -0.4 is 15.0 Å². The molecule has 14 heteroatoms. The first-order chi connectivity index (χ1) is 24.3. The highest BCUT2D eigenvalue weighted by Crippen LogP contribution is 2.49. The summed E-state index contributed by atoms with van der Waals surface area (Å²) < 4.78 is 31.6. The number of hydrogen-bond acceptors (Lipinski definition) is 13. The molecule has 0 amide bonds. The average molecular weight is 684 g/mol. The fourth-order valence-corrected chi connectivity index (χ4v) is 8.21. The highest BCUT2D eigenvalue weighted by atomic mass is 19.1. The highest BCUT2D eigenvalue weighted by Gasteiger charge is 2.53. The highest BCUT2D eigenvalue weighted by molar-refractivity contribution is 5.86. The van der Waals surface area contributed by atoms with Crippen molar-refractivity contribution in [3.05, 3.63) is 60.5 Å². The summed E-state index contributed by atoms with van der Waals surface area (Å²) in [5.74, 6) is 2.08. The number of aromatic nitrogens is 6. The lowest BCUT2D eigenvalue weighted by atomic mass is 9.68. The fraction of sp³-hybridized carbons (Fsp3) is 0.528. The minimum atomic E-state index is -0.501. The van der Waals surface area contributed by atoms with Gasteiger partial charge in [-0.05, 0) is 69.1 Å². The zero-order valence-electron chi connectivity index (χ0n) is 28.6. The second-order valence-corrected chi connectivity index (χ2v) is 14.6. The molecule has 5 heterocycles. The molecule has 1 N–H and O–H groups in total. The lowest BCUT2D eigenvalue weighted by Gasteiger charge is -2.56. The molecule has 3 aromatic heterocycles. The van der Waals surface area contributed by atoms with Crippen molar-refractivity contribution in [1.29, 1.82) is 0 Å². The normalized spacial score (nSPS) is 21.9. The van der Waals surface area contributed by atoms with Gasteiger partial charge in [-0.15, -0.1) is 10.2 Å². The Morgan fingerprint density at radius 2 is 1.94 bits per heavy atom. The minimum Gasteiger partial charge on any atom is -0.460 e. The topological polar surface area (TPSA) is 145 Å². The van der Waals surface area contributed by atoms with Crippen molar-refractivity contribution < 1.29 is 23.1 Å². The molecule has 2 aliphatic heterocycles. The summed E-state index contributed by atoms with van der Waals surface area (Å²) in [4.78, 5) is 34.4. The maximum Gasteiger partial charge on any atom is 0.376 e. The quantitative estimate of drug-likeness (QED) is 0.182. The largest absolute Gasteiger partial charge is 0.460 e. The average Bonchev–Trinajstić information content (AvgIpc) is 3.65. The molecule has 0 bridgehead atoms. The third-order valence-electron chi connectivity index (χ3n) is 10.6. The first-order valence-electron chi connectivity index (χ1n) is 17.6. The number of halogens is 1. The van der Waals surface area contributed by atoms with E-state index in [1.54, 1.807) is 25.5 Å². The van der Waals surface area contributed by atoms with Gasteiger partial charge in [0.2, 0.25) is 5.76 Å². The van der Waals surface area contributed by atoms with Crippen molar-refractivity contribution in [1.82, 2.24) is 35.0 Å². The summed E-state index contributed by atoms with van der Waals surface area (Å²) in [6.07, 6.45) is 11.3. The van der Waals surface area contributed by atoms with Gasteiger partial charge in [0.05, 0.1) is 18.5 Å². The van der Waals surface area contributed by atoms with Gasteiger partial charge in [-0.25, -0.2) is 29.1 Å². The molecule has 1 atom stereocenters. The number of rotatable bonds is 12. The van der Waals surface area contributed by atoms with Crippen LogP contribution >= 0.6 is 0 Å². The first kappa shape index (κ1) is 32.5. The zero-order valence-corrected chi connectivity index (χ0v) is 28.6. The molecule has 2 aliphatic carbocycles. The van der Waals surface area contributed by atoms with E-state index in [1.807, 2.05) is 0 Å². The van der Waals surface area contributed by atoms with Crippen molar-refractivity contribution in [2.45, 2.75) is 70.9 Å². The zero-order chi connectivity index (χ0) is 34.4. The maximum atomic E-state index is 14.6. The Hall–Kier alpha value is -4.72. The predicted octanol–water partition coefficient (Wildman–Crippen LogP) is 5.73. The summed E-state index contributed by atoms with van der Waals surface area (Å²) in [7, 11) is 0. The van der Waals surface area contributed by atoms with Gasteiger partial charge in [0, 0.05) is 66.9 Å². The molecule has 8 rings (SSSR count). The number of ether oxygens (including phenoxy) is 2. The molecular weight excluding hydrogens is 641 g/mol. The maximum absolute atomic E-state index is 14.6. The molecule has 0 unspecified atom stereocenters. The van der Waals surface area contributed by atoms with Crippen LogP contribution in [-0.4, -0.2) is 85.9 Å². The number of benzene rings is 1. The van der Waals surface area contributed by atoms with Crippen LogP contribution in [-0.2, 0) is 4.74 Å².